The second kappa shape index (κ2) is 7.18. The van der Waals surface area contributed by atoms with Gasteiger partial charge in [-0.1, -0.05) is 12.1 Å². The monoisotopic (exact) mass is 386 g/mol. The van der Waals surface area contributed by atoms with Crippen molar-refractivity contribution in [3.63, 3.8) is 0 Å². The highest BCUT2D eigenvalue weighted by molar-refractivity contribution is 5.91. The fourth-order valence-corrected chi connectivity index (χ4v) is 3.90. The molecule has 0 atom stereocenters. The molecule has 5 rings (SSSR count). The quantitative estimate of drug-likeness (QED) is 0.499. The first-order valence-electron chi connectivity index (χ1n) is 9.78. The molecule has 29 heavy (non-hydrogen) atoms. The second-order valence-electron chi connectivity index (χ2n) is 7.41. The van der Waals surface area contributed by atoms with Crippen LogP contribution in [0.1, 0.15) is 18.9 Å². The van der Waals surface area contributed by atoms with Gasteiger partial charge in [-0.05, 0) is 44.1 Å². The van der Waals surface area contributed by atoms with Crippen LogP contribution in [0, 0.1) is 0 Å². The Labute approximate surface area is 168 Å². The molecule has 3 aromatic heterocycles. The van der Waals surface area contributed by atoms with Crippen LogP contribution in [0.3, 0.4) is 0 Å². The van der Waals surface area contributed by atoms with Crippen LogP contribution in [0.15, 0.2) is 55.1 Å². The smallest absolute Gasteiger partial charge is 0.132 e. The van der Waals surface area contributed by atoms with Gasteiger partial charge in [-0.2, -0.15) is 5.10 Å². The zero-order valence-corrected chi connectivity index (χ0v) is 15.9. The van der Waals surface area contributed by atoms with Gasteiger partial charge in [0.2, 0.25) is 0 Å². The topological polar surface area (TPSA) is 102 Å². The fraction of sp³-hybridized carbons (Fsp3) is 0.227. The SMILES string of the molecule is Nc1ncc(-c2cnn(C3CCNCC3)c2)cc1-c1cc2c(O)cccc2cn1. The molecule has 1 aliphatic rings. The maximum Gasteiger partial charge on any atom is 0.132 e. The number of nitrogens with zero attached hydrogens (tertiary/aromatic N) is 4. The number of aromatic nitrogens is 4. The van der Waals surface area contributed by atoms with Crippen molar-refractivity contribution in [1.29, 1.82) is 0 Å². The van der Waals surface area contributed by atoms with Crippen molar-refractivity contribution in [2.45, 2.75) is 18.9 Å². The molecule has 1 saturated heterocycles. The maximum atomic E-state index is 10.2. The number of pyridine rings is 2. The molecule has 0 unspecified atom stereocenters. The molecule has 4 N–H and O–H groups in total. The number of aromatic hydroxyl groups is 1. The summed E-state index contributed by atoms with van der Waals surface area (Å²) in [4.78, 5) is 8.92. The summed E-state index contributed by atoms with van der Waals surface area (Å²) in [6.07, 6.45) is 9.62. The molecule has 1 fully saturated rings. The van der Waals surface area contributed by atoms with Crippen LogP contribution in [0.25, 0.3) is 33.2 Å². The Bertz CT molecular complexity index is 1180. The summed E-state index contributed by atoms with van der Waals surface area (Å²) in [5, 5.41) is 19.7. The summed E-state index contributed by atoms with van der Waals surface area (Å²) >= 11 is 0. The Kier molecular flexibility index (Phi) is 4.37. The van der Waals surface area contributed by atoms with Crippen molar-refractivity contribution in [2.75, 3.05) is 18.8 Å². The second-order valence-corrected chi connectivity index (χ2v) is 7.41. The zero-order valence-electron chi connectivity index (χ0n) is 15.9. The molecular formula is C22H22N6O. The van der Waals surface area contributed by atoms with Gasteiger partial charge in [0.05, 0.1) is 17.9 Å². The minimum Gasteiger partial charge on any atom is -0.507 e. The van der Waals surface area contributed by atoms with Crippen molar-refractivity contribution in [3.05, 3.63) is 55.1 Å². The van der Waals surface area contributed by atoms with Crippen molar-refractivity contribution < 1.29 is 5.11 Å². The van der Waals surface area contributed by atoms with Gasteiger partial charge in [-0.3, -0.25) is 9.67 Å². The summed E-state index contributed by atoms with van der Waals surface area (Å²) in [7, 11) is 0. The molecule has 7 heteroatoms. The number of nitrogens with two attached hydrogens (primary N) is 1. The normalized spacial score (nSPS) is 15.0. The van der Waals surface area contributed by atoms with Gasteiger partial charge in [0.25, 0.3) is 0 Å². The van der Waals surface area contributed by atoms with Gasteiger partial charge in [0, 0.05) is 46.1 Å². The summed E-state index contributed by atoms with van der Waals surface area (Å²) in [5.41, 5.74) is 9.52. The molecule has 7 nitrogen and oxygen atoms in total. The van der Waals surface area contributed by atoms with Crippen LogP contribution in [-0.2, 0) is 0 Å². The Morgan fingerprint density at radius 2 is 1.90 bits per heavy atom. The van der Waals surface area contributed by atoms with E-state index in [9.17, 15) is 5.11 Å². The average molecular weight is 386 g/mol. The number of hydrogen-bond acceptors (Lipinski definition) is 6. The standard InChI is InChI=1S/C22H22N6O/c23-22-19(20-9-18-14(10-25-20)2-1-3-21(18)29)8-15(11-26-22)16-12-27-28(13-16)17-4-6-24-7-5-17/h1-3,8-13,17,24,29H,4-7H2,(H2,23,26). The van der Waals surface area contributed by atoms with Crippen molar-refractivity contribution >= 4 is 16.6 Å². The highest BCUT2D eigenvalue weighted by Crippen LogP contribution is 2.32. The predicted molar refractivity (Wildman–Crippen MR) is 113 cm³/mol. The lowest BCUT2D eigenvalue weighted by atomic mass is 10.0. The van der Waals surface area contributed by atoms with E-state index in [2.05, 4.69) is 31.3 Å². The number of phenols is 1. The van der Waals surface area contributed by atoms with Crippen LogP contribution in [0.4, 0.5) is 5.82 Å². The third-order valence-electron chi connectivity index (χ3n) is 5.55. The Morgan fingerprint density at radius 1 is 1.03 bits per heavy atom. The molecule has 1 aromatic carbocycles. The Morgan fingerprint density at radius 3 is 2.76 bits per heavy atom. The molecule has 0 spiro atoms. The van der Waals surface area contributed by atoms with E-state index in [-0.39, 0.29) is 5.75 Å². The molecule has 4 aromatic rings. The Balaban J connectivity index is 1.52. The first-order valence-corrected chi connectivity index (χ1v) is 9.78. The van der Waals surface area contributed by atoms with Gasteiger partial charge in [-0.25, -0.2) is 4.98 Å². The molecule has 0 aliphatic carbocycles. The third kappa shape index (κ3) is 3.30. The number of anilines is 1. The van der Waals surface area contributed by atoms with Crippen LogP contribution in [-0.4, -0.2) is 37.9 Å². The minimum atomic E-state index is 0.220. The molecule has 146 valence electrons. The highest BCUT2D eigenvalue weighted by atomic mass is 16.3. The van der Waals surface area contributed by atoms with E-state index in [1.807, 2.05) is 24.4 Å². The average Bonchev–Trinajstić information content (AvgIpc) is 3.25. The van der Waals surface area contributed by atoms with Gasteiger partial charge in [0.1, 0.15) is 11.6 Å². The Hall–Kier alpha value is -3.45. The van der Waals surface area contributed by atoms with Crippen molar-refractivity contribution in [2.24, 2.45) is 0 Å². The molecule has 0 amide bonds. The summed E-state index contributed by atoms with van der Waals surface area (Å²) < 4.78 is 2.05. The summed E-state index contributed by atoms with van der Waals surface area (Å²) in [5.74, 6) is 0.624. The van der Waals surface area contributed by atoms with E-state index in [1.165, 1.54) is 0 Å². The first kappa shape index (κ1) is 17.6. The van der Waals surface area contributed by atoms with Crippen LogP contribution < -0.4 is 11.1 Å². The first-order chi connectivity index (χ1) is 14.2. The lowest BCUT2D eigenvalue weighted by molar-refractivity contribution is 0.343. The van der Waals surface area contributed by atoms with E-state index in [0.717, 1.165) is 53.4 Å². The third-order valence-corrected chi connectivity index (χ3v) is 5.55. The number of nitrogens with one attached hydrogen (secondary N) is 1. The number of piperidine rings is 1. The number of hydrogen-bond donors (Lipinski definition) is 3. The van der Waals surface area contributed by atoms with Gasteiger partial charge in [0.15, 0.2) is 0 Å². The number of nitrogen functional groups attached to an aromatic ring is 1. The maximum absolute atomic E-state index is 10.2. The van der Waals surface area contributed by atoms with E-state index in [4.69, 9.17) is 5.73 Å². The lowest BCUT2D eigenvalue weighted by Crippen LogP contribution is -2.29. The minimum absolute atomic E-state index is 0.220. The van der Waals surface area contributed by atoms with Crippen molar-refractivity contribution in [3.8, 4) is 28.1 Å². The zero-order chi connectivity index (χ0) is 19.8. The van der Waals surface area contributed by atoms with E-state index >= 15 is 0 Å². The number of phenolic OH excluding ortho intramolecular Hbond substituents is 1. The van der Waals surface area contributed by atoms with Crippen LogP contribution >= 0.6 is 0 Å². The van der Waals surface area contributed by atoms with E-state index in [1.54, 1.807) is 24.5 Å². The summed E-state index contributed by atoms with van der Waals surface area (Å²) in [6.45, 7) is 2.04. The molecule has 1 aliphatic heterocycles. The van der Waals surface area contributed by atoms with Crippen molar-refractivity contribution in [1.82, 2.24) is 25.1 Å². The fourth-order valence-electron chi connectivity index (χ4n) is 3.90. The largest absolute Gasteiger partial charge is 0.507 e. The number of rotatable bonds is 3. The molecule has 4 heterocycles. The highest BCUT2D eigenvalue weighted by Gasteiger charge is 2.17. The van der Waals surface area contributed by atoms with E-state index in [0.29, 0.717) is 17.6 Å². The summed E-state index contributed by atoms with van der Waals surface area (Å²) in [6, 6.07) is 9.64. The lowest BCUT2D eigenvalue weighted by Gasteiger charge is -2.22. The van der Waals surface area contributed by atoms with Crippen LogP contribution in [0.5, 0.6) is 5.75 Å². The molecule has 0 radical (unpaired) electrons. The van der Waals surface area contributed by atoms with Gasteiger partial charge in [-0.15, -0.1) is 0 Å². The predicted octanol–water partition coefficient (Wildman–Crippen LogP) is 3.37. The van der Waals surface area contributed by atoms with E-state index < -0.39 is 0 Å². The molecule has 0 bridgehead atoms. The number of fused-ring (bicyclic) bond motifs is 1. The van der Waals surface area contributed by atoms with Gasteiger partial charge >= 0.3 is 0 Å². The number of benzene rings is 1. The molecule has 0 saturated carbocycles. The van der Waals surface area contributed by atoms with Gasteiger partial charge < -0.3 is 16.2 Å². The molecular weight excluding hydrogens is 364 g/mol. The van der Waals surface area contributed by atoms with Crippen LogP contribution in [0.2, 0.25) is 0 Å².